The van der Waals surface area contributed by atoms with Crippen LogP contribution in [-0.4, -0.2) is 47.1 Å². The highest BCUT2D eigenvalue weighted by Gasteiger charge is 2.25. The van der Waals surface area contributed by atoms with Gasteiger partial charge >= 0.3 is 0 Å². The van der Waals surface area contributed by atoms with Crippen LogP contribution in [0.2, 0.25) is 0 Å². The summed E-state index contributed by atoms with van der Waals surface area (Å²) in [5.41, 5.74) is 9.13. The highest BCUT2D eigenvalue weighted by Crippen LogP contribution is 2.23. The van der Waals surface area contributed by atoms with Crippen molar-refractivity contribution in [3.05, 3.63) is 58.2 Å². The molecule has 2 aromatic heterocycles. The number of carbonyl (C=O) groups is 1. The van der Waals surface area contributed by atoms with E-state index in [4.69, 9.17) is 0 Å². The van der Waals surface area contributed by atoms with E-state index in [0.717, 1.165) is 29.9 Å². The lowest BCUT2D eigenvalue weighted by atomic mass is 10.0. The average Bonchev–Trinajstić information content (AvgIpc) is 3.07. The number of amides is 1. The third kappa shape index (κ3) is 3.53. The Morgan fingerprint density at radius 2 is 2.08 bits per heavy atom. The van der Waals surface area contributed by atoms with E-state index in [0.29, 0.717) is 11.3 Å². The molecule has 3 rings (SSSR count). The topological polar surface area (TPSA) is 73.4 Å². The Morgan fingerprint density at radius 1 is 1.28 bits per heavy atom. The molecule has 0 saturated heterocycles. The molecule has 0 aromatic carbocycles. The minimum atomic E-state index is -0.194. The van der Waals surface area contributed by atoms with Crippen LogP contribution in [0.25, 0.3) is 6.08 Å². The molecule has 0 unspecified atom stereocenters. The number of hydrogen-bond acceptors (Lipinski definition) is 4. The maximum atomic E-state index is 12.2. The Morgan fingerprint density at radius 3 is 2.76 bits per heavy atom. The Balaban J connectivity index is 1.95. The molecule has 0 fully saturated rings. The summed E-state index contributed by atoms with van der Waals surface area (Å²) >= 11 is 0. The van der Waals surface area contributed by atoms with Gasteiger partial charge in [-0.25, -0.2) is 5.43 Å². The van der Waals surface area contributed by atoms with Gasteiger partial charge in [-0.05, 0) is 63.7 Å². The normalized spacial score (nSPS) is 15.8. The molecule has 0 aliphatic carbocycles. The van der Waals surface area contributed by atoms with Gasteiger partial charge in [0.2, 0.25) is 0 Å². The van der Waals surface area contributed by atoms with Crippen molar-refractivity contribution < 1.29 is 4.79 Å². The Bertz CT molecular complexity index is 846. The van der Waals surface area contributed by atoms with Gasteiger partial charge in [0.25, 0.3) is 5.91 Å². The SMILES string of the molecule is Cc1[nH]c(C=C2C(=O)NN=C2c2cccnc2)c(C)c1CCN(C)C. The van der Waals surface area contributed by atoms with Gasteiger partial charge in [0, 0.05) is 35.9 Å². The van der Waals surface area contributed by atoms with Gasteiger partial charge < -0.3 is 9.88 Å². The fourth-order valence-corrected chi connectivity index (χ4v) is 3.01. The first-order chi connectivity index (χ1) is 12.0. The fourth-order valence-electron chi connectivity index (χ4n) is 3.01. The maximum absolute atomic E-state index is 12.2. The van der Waals surface area contributed by atoms with Gasteiger partial charge in [-0.3, -0.25) is 9.78 Å². The van der Waals surface area contributed by atoms with Crippen molar-refractivity contribution in [1.29, 1.82) is 0 Å². The third-order valence-electron chi connectivity index (χ3n) is 4.43. The first-order valence-corrected chi connectivity index (χ1v) is 8.30. The summed E-state index contributed by atoms with van der Waals surface area (Å²) in [6.07, 6.45) is 6.27. The Kier molecular flexibility index (Phi) is 4.81. The number of likely N-dealkylation sites (N-methyl/N-ethyl adjacent to an activating group) is 1. The summed E-state index contributed by atoms with van der Waals surface area (Å²) in [5.74, 6) is -0.194. The first-order valence-electron chi connectivity index (χ1n) is 8.30. The summed E-state index contributed by atoms with van der Waals surface area (Å²) < 4.78 is 0. The van der Waals surface area contributed by atoms with Crippen LogP contribution in [-0.2, 0) is 11.2 Å². The van der Waals surface area contributed by atoms with Crippen molar-refractivity contribution in [2.45, 2.75) is 20.3 Å². The molecule has 2 aromatic rings. The minimum absolute atomic E-state index is 0.194. The first kappa shape index (κ1) is 17.1. The summed E-state index contributed by atoms with van der Waals surface area (Å²) in [5, 5.41) is 4.17. The fraction of sp³-hybridized carbons (Fsp3) is 0.316. The van der Waals surface area contributed by atoms with Crippen LogP contribution < -0.4 is 5.43 Å². The molecular weight excluding hydrogens is 314 g/mol. The zero-order chi connectivity index (χ0) is 18.0. The Labute approximate surface area is 147 Å². The number of nitrogens with zero attached hydrogens (tertiary/aromatic N) is 3. The maximum Gasteiger partial charge on any atom is 0.273 e. The van der Waals surface area contributed by atoms with Crippen molar-refractivity contribution >= 4 is 17.7 Å². The zero-order valence-electron chi connectivity index (χ0n) is 15.1. The second-order valence-electron chi connectivity index (χ2n) is 6.52. The second kappa shape index (κ2) is 7.03. The number of aromatic amines is 1. The van der Waals surface area contributed by atoms with E-state index in [1.807, 2.05) is 18.2 Å². The summed E-state index contributed by atoms with van der Waals surface area (Å²) in [7, 11) is 4.14. The van der Waals surface area contributed by atoms with Crippen LogP contribution in [0, 0.1) is 13.8 Å². The zero-order valence-corrected chi connectivity index (χ0v) is 15.1. The lowest BCUT2D eigenvalue weighted by Gasteiger charge is -2.09. The molecule has 0 spiro atoms. The molecule has 25 heavy (non-hydrogen) atoms. The monoisotopic (exact) mass is 337 g/mol. The number of carbonyl (C=O) groups excluding carboxylic acids is 1. The number of H-pyrrole nitrogens is 1. The van der Waals surface area contributed by atoms with E-state index in [9.17, 15) is 4.79 Å². The van der Waals surface area contributed by atoms with Crippen LogP contribution in [0.1, 0.15) is 28.1 Å². The van der Waals surface area contributed by atoms with Crippen LogP contribution in [0.4, 0.5) is 0 Å². The third-order valence-corrected chi connectivity index (χ3v) is 4.43. The molecule has 6 heteroatoms. The highest BCUT2D eigenvalue weighted by atomic mass is 16.2. The van der Waals surface area contributed by atoms with E-state index in [-0.39, 0.29) is 5.91 Å². The molecule has 0 atom stereocenters. The van der Waals surface area contributed by atoms with Crippen LogP contribution in [0.5, 0.6) is 0 Å². The summed E-state index contributed by atoms with van der Waals surface area (Å²) in [6.45, 7) is 5.15. The van der Waals surface area contributed by atoms with Crippen LogP contribution in [0.15, 0.2) is 35.2 Å². The number of hydrazone groups is 1. The summed E-state index contributed by atoms with van der Waals surface area (Å²) in [6, 6.07) is 3.73. The van der Waals surface area contributed by atoms with E-state index < -0.39 is 0 Å². The van der Waals surface area contributed by atoms with E-state index in [2.05, 4.69) is 53.3 Å². The van der Waals surface area contributed by atoms with Crippen molar-refractivity contribution in [3.63, 3.8) is 0 Å². The Hall–Kier alpha value is -2.73. The lowest BCUT2D eigenvalue weighted by Crippen LogP contribution is -2.15. The van der Waals surface area contributed by atoms with Crippen molar-refractivity contribution in [1.82, 2.24) is 20.3 Å². The number of nitrogens with one attached hydrogen (secondary N) is 2. The largest absolute Gasteiger partial charge is 0.359 e. The van der Waals surface area contributed by atoms with E-state index >= 15 is 0 Å². The lowest BCUT2D eigenvalue weighted by molar-refractivity contribution is -0.116. The predicted octanol–water partition coefficient (Wildman–Crippen LogP) is 2.05. The molecule has 0 radical (unpaired) electrons. The van der Waals surface area contributed by atoms with Crippen LogP contribution in [0.3, 0.4) is 0 Å². The van der Waals surface area contributed by atoms with Crippen molar-refractivity contribution in [3.8, 4) is 0 Å². The molecular formula is C19H23N5O. The molecule has 1 aliphatic heterocycles. The molecule has 1 aliphatic rings. The highest BCUT2D eigenvalue weighted by molar-refractivity contribution is 6.33. The minimum Gasteiger partial charge on any atom is -0.359 e. The summed E-state index contributed by atoms with van der Waals surface area (Å²) in [4.78, 5) is 21.9. The van der Waals surface area contributed by atoms with E-state index in [1.54, 1.807) is 12.4 Å². The van der Waals surface area contributed by atoms with Gasteiger partial charge in [-0.15, -0.1) is 0 Å². The number of hydrogen-bond donors (Lipinski definition) is 2. The molecule has 2 N–H and O–H groups in total. The van der Waals surface area contributed by atoms with Crippen molar-refractivity contribution in [2.75, 3.05) is 20.6 Å². The van der Waals surface area contributed by atoms with Gasteiger partial charge in [0.15, 0.2) is 0 Å². The predicted molar refractivity (Wildman–Crippen MR) is 99.4 cm³/mol. The van der Waals surface area contributed by atoms with Crippen molar-refractivity contribution in [2.24, 2.45) is 5.10 Å². The standard InChI is InChI=1S/C19H23N5O/c1-12-15(7-9-24(3)4)13(2)21-17(12)10-16-18(22-23-19(16)25)14-6-5-8-20-11-14/h5-6,8,10-11,21H,7,9H2,1-4H3,(H,23,25). The van der Waals surface area contributed by atoms with E-state index in [1.165, 1.54) is 11.1 Å². The number of rotatable bonds is 5. The molecule has 3 heterocycles. The van der Waals surface area contributed by atoms with Gasteiger partial charge in [-0.1, -0.05) is 0 Å². The second-order valence-corrected chi connectivity index (χ2v) is 6.52. The average molecular weight is 337 g/mol. The molecule has 0 bridgehead atoms. The molecule has 6 nitrogen and oxygen atoms in total. The number of pyridine rings is 1. The van der Waals surface area contributed by atoms with Gasteiger partial charge in [0.1, 0.15) is 5.71 Å². The molecule has 0 saturated carbocycles. The quantitative estimate of drug-likeness (QED) is 0.820. The number of aromatic nitrogens is 2. The van der Waals surface area contributed by atoms with Gasteiger partial charge in [0.05, 0.1) is 5.57 Å². The van der Waals surface area contributed by atoms with Crippen LogP contribution >= 0.6 is 0 Å². The number of aryl methyl sites for hydroxylation is 1. The molecule has 130 valence electrons. The smallest absolute Gasteiger partial charge is 0.273 e. The van der Waals surface area contributed by atoms with Gasteiger partial charge in [-0.2, -0.15) is 5.10 Å². The molecule has 1 amide bonds.